The standard InChI is InChI=1S/C47H37N5/c1-30-23-40(24-31(2)48-30)34-15-19-36(20-16-34)42-27-43(37-21-17-35(18-22-37)41-25-32(3)49-33(4)26-41)29-44(28-42)47-51-45(38-11-7-5-8-12-38)50-46(52-47)39-13-9-6-10-14-39/h5-29H,1-4H3. The van der Waals surface area contributed by atoms with Crippen molar-refractivity contribution in [2.24, 2.45) is 0 Å². The molecule has 0 atom stereocenters. The van der Waals surface area contributed by atoms with Crippen LogP contribution in [0.5, 0.6) is 0 Å². The minimum atomic E-state index is 0.620. The van der Waals surface area contributed by atoms with Crippen LogP contribution in [-0.2, 0) is 0 Å². The first kappa shape index (κ1) is 32.6. The minimum Gasteiger partial charge on any atom is -0.258 e. The normalized spacial score (nSPS) is 11.1. The van der Waals surface area contributed by atoms with Crippen LogP contribution in [0.2, 0.25) is 0 Å². The Morgan fingerprint density at radius 2 is 0.500 bits per heavy atom. The van der Waals surface area contributed by atoms with Crippen LogP contribution in [0.3, 0.4) is 0 Å². The van der Waals surface area contributed by atoms with E-state index in [1.807, 2.05) is 88.4 Å². The lowest BCUT2D eigenvalue weighted by Crippen LogP contribution is -2.00. The Morgan fingerprint density at radius 3 is 0.827 bits per heavy atom. The lowest BCUT2D eigenvalue weighted by Gasteiger charge is -2.13. The first-order valence-corrected chi connectivity index (χ1v) is 17.5. The fourth-order valence-electron chi connectivity index (χ4n) is 6.74. The van der Waals surface area contributed by atoms with Gasteiger partial charge in [-0.15, -0.1) is 0 Å². The maximum atomic E-state index is 5.08. The predicted molar refractivity (Wildman–Crippen MR) is 212 cm³/mol. The quantitative estimate of drug-likeness (QED) is 0.169. The maximum absolute atomic E-state index is 5.08. The highest BCUT2D eigenvalue weighted by atomic mass is 15.0. The van der Waals surface area contributed by atoms with E-state index in [2.05, 4.69) is 101 Å². The van der Waals surface area contributed by atoms with Gasteiger partial charge in [-0.05, 0) is 115 Å². The third-order valence-electron chi connectivity index (χ3n) is 9.16. The van der Waals surface area contributed by atoms with Crippen molar-refractivity contribution in [3.63, 3.8) is 0 Å². The summed E-state index contributed by atoms with van der Waals surface area (Å²) in [6, 6.07) is 52.9. The van der Waals surface area contributed by atoms with Crippen molar-refractivity contribution in [2.75, 3.05) is 0 Å². The summed E-state index contributed by atoms with van der Waals surface area (Å²) in [7, 11) is 0. The summed E-state index contributed by atoms with van der Waals surface area (Å²) in [5, 5.41) is 0. The van der Waals surface area contributed by atoms with E-state index in [0.717, 1.165) is 84.0 Å². The Morgan fingerprint density at radius 1 is 0.231 bits per heavy atom. The van der Waals surface area contributed by atoms with E-state index in [1.54, 1.807) is 0 Å². The van der Waals surface area contributed by atoms with E-state index in [9.17, 15) is 0 Å². The number of rotatable bonds is 7. The van der Waals surface area contributed by atoms with E-state index >= 15 is 0 Å². The molecule has 5 aromatic carbocycles. The fraction of sp³-hybridized carbons (Fsp3) is 0.0851. The van der Waals surface area contributed by atoms with Crippen LogP contribution < -0.4 is 0 Å². The fourth-order valence-corrected chi connectivity index (χ4v) is 6.74. The second-order valence-electron chi connectivity index (χ2n) is 13.3. The Labute approximate surface area is 304 Å². The van der Waals surface area contributed by atoms with E-state index < -0.39 is 0 Å². The molecule has 0 aliphatic heterocycles. The van der Waals surface area contributed by atoms with Gasteiger partial charge in [-0.25, -0.2) is 15.0 Å². The first-order valence-electron chi connectivity index (χ1n) is 17.5. The van der Waals surface area contributed by atoms with Crippen molar-refractivity contribution < 1.29 is 0 Å². The van der Waals surface area contributed by atoms with Gasteiger partial charge < -0.3 is 0 Å². The minimum absolute atomic E-state index is 0.620. The van der Waals surface area contributed by atoms with Gasteiger partial charge in [-0.3, -0.25) is 9.97 Å². The van der Waals surface area contributed by atoms with Crippen LogP contribution in [0, 0.1) is 27.7 Å². The highest BCUT2D eigenvalue weighted by molar-refractivity contribution is 5.82. The van der Waals surface area contributed by atoms with Crippen LogP contribution in [0.15, 0.2) is 152 Å². The molecule has 8 aromatic rings. The van der Waals surface area contributed by atoms with Gasteiger partial charge in [0.05, 0.1) is 0 Å². The zero-order valence-corrected chi connectivity index (χ0v) is 29.7. The molecule has 0 N–H and O–H groups in total. The molecular formula is C47H37N5. The summed E-state index contributed by atoms with van der Waals surface area (Å²) in [4.78, 5) is 24.2. The molecule has 8 rings (SSSR count). The van der Waals surface area contributed by atoms with E-state index in [0.29, 0.717) is 17.5 Å². The molecule has 3 aromatic heterocycles. The number of hydrogen-bond donors (Lipinski definition) is 0. The number of aromatic nitrogens is 5. The molecule has 0 saturated carbocycles. The summed E-state index contributed by atoms with van der Waals surface area (Å²) in [6.45, 7) is 8.16. The summed E-state index contributed by atoms with van der Waals surface area (Å²) in [6.07, 6.45) is 0. The van der Waals surface area contributed by atoms with Gasteiger partial charge in [-0.2, -0.15) is 0 Å². The molecule has 0 spiro atoms. The summed E-state index contributed by atoms with van der Waals surface area (Å²) in [5.74, 6) is 1.89. The smallest absolute Gasteiger partial charge is 0.164 e. The third-order valence-corrected chi connectivity index (χ3v) is 9.16. The average Bonchev–Trinajstić information content (AvgIpc) is 3.17. The molecule has 0 aliphatic carbocycles. The van der Waals surface area contributed by atoms with E-state index in [-0.39, 0.29) is 0 Å². The van der Waals surface area contributed by atoms with E-state index in [1.165, 1.54) is 0 Å². The second kappa shape index (κ2) is 14.0. The van der Waals surface area contributed by atoms with Crippen LogP contribution in [0.1, 0.15) is 22.8 Å². The molecule has 0 radical (unpaired) electrons. The van der Waals surface area contributed by atoms with Crippen LogP contribution in [-0.4, -0.2) is 24.9 Å². The molecule has 250 valence electrons. The molecular weight excluding hydrogens is 635 g/mol. The summed E-state index contributed by atoms with van der Waals surface area (Å²) >= 11 is 0. The molecule has 0 aliphatic rings. The van der Waals surface area contributed by atoms with E-state index in [4.69, 9.17) is 15.0 Å². The molecule has 0 fully saturated rings. The zero-order valence-electron chi connectivity index (χ0n) is 29.7. The molecule has 0 saturated heterocycles. The van der Waals surface area contributed by atoms with Crippen LogP contribution >= 0.6 is 0 Å². The Kier molecular flexibility index (Phi) is 8.76. The number of aryl methyl sites for hydroxylation is 4. The topological polar surface area (TPSA) is 64.5 Å². The third kappa shape index (κ3) is 7.03. The van der Waals surface area contributed by atoms with Gasteiger partial charge >= 0.3 is 0 Å². The monoisotopic (exact) mass is 671 g/mol. The molecule has 5 heteroatoms. The Bertz CT molecular complexity index is 2310. The van der Waals surface area contributed by atoms with Crippen molar-refractivity contribution in [1.29, 1.82) is 0 Å². The lowest BCUT2D eigenvalue weighted by molar-refractivity contribution is 1.07. The van der Waals surface area contributed by atoms with Crippen molar-refractivity contribution >= 4 is 0 Å². The first-order chi connectivity index (χ1) is 25.3. The maximum Gasteiger partial charge on any atom is 0.164 e. The molecule has 52 heavy (non-hydrogen) atoms. The van der Waals surface area contributed by atoms with Gasteiger partial charge in [0.25, 0.3) is 0 Å². The molecule has 0 bridgehead atoms. The van der Waals surface area contributed by atoms with Crippen molar-refractivity contribution in [3.8, 4) is 78.7 Å². The highest BCUT2D eigenvalue weighted by Gasteiger charge is 2.15. The highest BCUT2D eigenvalue weighted by Crippen LogP contribution is 2.35. The number of hydrogen-bond acceptors (Lipinski definition) is 5. The Hall–Kier alpha value is -6.59. The van der Waals surface area contributed by atoms with Crippen molar-refractivity contribution in [2.45, 2.75) is 27.7 Å². The van der Waals surface area contributed by atoms with Crippen LogP contribution in [0.25, 0.3) is 78.7 Å². The molecule has 5 nitrogen and oxygen atoms in total. The number of pyridine rings is 2. The van der Waals surface area contributed by atoms with Gasteiger partial charge in [0.1, 0.15) is 0 Å². The van der Waals surface area contributed by atoms with Crippen LogP contribution in [0.4, 0.5) is 0 Å². The van der Waals surface area contributed by atoms with Gasteiger partial charge in [0, 0.05) is 39.5 Å². The zero-order chi connectivity index (χ0) is 35.6. The average molecular weight is 672 g/mol. The Balaban J connectivity index is 1.27. The van der Waals surface area contributed by atoms with Gasteiger partial charge in [-0.1, -0.05) is 109 Å². The second-order valence-corrected chi connectivity index (χ2v) is 13.3. The number of benzene rings is 5. The van der Waals surface area contributed by atoms with Crippen molar-refractivity contribution in [1.82, 2.24) is 24.9 Å². The van der Waals surface area contributed by atoms with Gasteiger partial charge in [0.15, 0.2) is 17.5 Å². The SMILES string of the molecule is Cc1cc(-c2ccc(-c3cc(-c4ccc(-c5cc(C)nc(C)c5)cc4)cc(-c4nc(-c5ccccc5)nc(-c5ccccc5)n4)c3)cc2)cc(C)n1. The van der Waals surface area contributed by atoms with Gasteiger partial charge in [0.2, 0.25) is 0 Å². The summed E-state index contributed by atoms with van der Waals surface area (Å²) < 4.78 is 0. The molecule has 3 heterocycles. The lowest BCUT2D eigenvalue weighted by atomic mass is 9.93. The van der Waals surface area contributed by atoms with Crippen molar-refractivity contribution in [3.05, 3.63) is 174 Å². The summed E-state index contributed by atoms with van der Waals surface area (Å²) in [5.41, 5.74) is 15.9. The molecule has 0 amide bonds. The predicted octanol–water partition coefficient (Wildman–Crippen LogP) is 11.6. The number of nitrogens with zero attached hydrogens (tertiary/aromatic N) is 5. The largest absolute Gasteiger partial charge is 0.258 e. The molecule has 0 unspecified atom stereocenters.